The smallest absolute Gasteiger partial charge is 0.262 e. The fourth-order valence-electron chi connectivity index (χ4n) is 1.00. The van der Waals surface area contributed by atoms with E-state index in [9.17, 15) is 13.6 Å². The predicted octanol–water partition coefficient (Wildman–Crippen LogP) is 3.49. The van der Waals surface area contributed by atoms with Gasteiger partial charge in [0, 0.05) is 16.4 Å². The van der Waals surface area contributed by atoms with Gasteiger partial charge in [0.05, 0.1) is 12.1 Å². The van der Waals surface area contributed by atoms with Crippen molar-refractivity contribution in [3.05, 3.63) is 33.3 Å². The highest BCUT2D eigenvalue weighted by atomic mass is 79.9. The molecule has 0 unspecified atom stereocenters. The Labute approximate surface area is 105 Å². The minimum absolute atomic E-state index is 0.272. The highest BCUT2D eigenvalue weighted by Gasteiger charge is 2.22. The van der Waals surface area contributed by atoms with Crippen LogP contribution in [0.2, 0.25) is 5.02 Å². The number of hydrogen-bond acceptors (Lipinski definition) is 1. The van der Waals surface area contributed by atoms with Gasteiger partial charge in [0.1, 0.15) is 0 Å². The van der Waals surface area contributed by atoms with Gasteiger partial charge in [0.25, 0.3) is 11.8 Å². The van der Waals surface area contributed by atoms with Crippen molar-refractivity contribution in [2.45, 2.75) is 12.8 Å². The zero-order valence-corrected chi connectivity index (χ0v) is 10.7. The Morgan fingerprint density at radius 1 is 1.56 bits per heavy atom. The van der Waals surface area contributed by atoms with Gasteiger partial charge in [-0.25, -0.2) is 8.78 Å². The summed E-state index contributed by atoms with van der Waals surface area (Å²) in [7, 11) is 0. The zero-order valence-electron chi connectivity index (χ0n) is 8.36. The lowest BCUT2D eigenvalue weighted by atomic mass is 10.2. The molecule has 0 atom stereocenters. The van der Waals surface area contributed by atoms with Crippen LogP contribution in [0.1, 0.15) is 17.3 Å². The molecule has 0 aliphatic carbocycles. The second kappa shape index (κ2) is 5.10. The molecule has 0 radical (unpaired) electrons. The van der Waals surface area contributed by atoms with Gasteiger partial charge in [-0.2, -0.15) is 0 Å². The topological polar surface area (TPSA) is 29.1 Å². The number of carbonyl (C=O) groups is 1. The van der Waals surface area contributed by atoms with E-state index in [1.807, 2.05) is 0 Å². The van der Waals surface area contributed by atoms with E-state index in [0.717, 1.165) is 6.92 Å². The average molecular weight is 313 g/mol. The van der Waals surface area contributed by atoms with Gasteiger partial charge < -0.3 is 5.32 Å². The molecular formula is C10H9BrClF2NO. The average Bonchev–Trinajstić information content (AvgIpc) is 2.13. The summed E-state index contributed by atoms with van der Waals surface area (Å²) in [5.41, 5.74) is 0.272. The molecule has 1 amide bonds. The Morgan fingerprint density at radius 3 is 2.69 bits per heavy atom. The molecule has 0 aromatic heterocycles. The van der Waals surface area contributed by atoms with Crippen molar-refractivity contribution in [1.82, 2.24) is 5.32 Å². The summed E-state index contributed by atoms with van der Waals surface area (Å²) in [5, 5.41) is 2.60. The SMILES string of the molecule is CC(F)(F)CNC(=O)c1ccc(Cl)cc1Br. The number of hydrogen-bond donors (Lipinski definition) is 1. The number of alkyl halides is 2. The third kappa shape index (κ3) is 4.06. The molecule has 0 heterocycles. The summed E-state index contributed by atoms with van der Waals surface area (Å²) in [4.78, 5) is 11.5. The fourth-order valence-corrected chi connectivity index (χ4v) is 1.87. The molecule has 16 heavy (non-hydrogen) atoms. The zero-order chi connectivity index (χ0) is 12.3. The molecule has 1 N–H and O–H groups in total. The normalized spacial score (nSPS) is 11.3. The first-order chi connectivity index (χ1) is 7.29. The van der Waals surface area contributed by atoms with Crippen LogP contribution in [0, 0.1) is 0 Å². The van der Waals surface area contributed by atoms with Gasteiger partial charge in [-0.1, -0.05) is 11.6 Å². The lowest BCUT2D eigenvalue weighted by Crippen LogP contribution is -2.34. The lowest BCUT2D eigenvalue weighted by Gasteiger charge is -2.12. The van der Waals surface area contributed by atoms with Crippen LogP contribution >= 0.6 is 27.5 Å². The predicted molar refractivity (Wildman–Crippen MR) is 62.1 cm³/mol. The van der Waals surface area contributed by atoms with Gasteiger partial charge in [-0.15, -0.1) is 0 Å². The van der Waals surface area contributed by atoms with E-state index in [0.29, 0.717) is 9.50 Å². The molecule has 88 valence electrons. The Balaban J connectivity index is 2.74. The lowest BCUT2D eigenvalue weighted by molar-refractivity contribution is 0.0221. The Kier molecular flexibility index (Phi) is 4.27. The Hall–Kier alpha value is -0.680. The quantitative estimate of drug-likeness (QED) is 0.909. The number of benzene rings is 1. The summed E-state index contributed by atoms with van der Waals surface area (Å²) in [6, 6.07) is 4.52. The van der Waals surface area contributed by atoms with Crippen molar-refractivity contribution in [3.63, 3.8) is 0 Å². The Bertz CT molecular complexity index is 406. The van der Waals surface area contributed by atoms with Crippen LogP contribution in [-0.2, 0) is 0 Å². The third-order valence-electron chi connectivity index (χ3n) is 1.74. The summed E-state index contributed by atoms with van der Waals surface area (Å²) in [6.07, 6.45) is 0. The number of nitrogens with one attached hydrogen (secondary N) is 1. The molecule has 1 aromatic rings. The highest BCUT2D eigenvalue weighted by molar-refractivity contribution is 9.10. The van der Waals surface area contributed by atoms with E-state index in [-0.39, 0.29) is 5.56 Å². The van der Waals surface area contributed by atoms with Crippen molar-refractivity contribution in [2.75, 3.05) is 6.54 Å². The molecule has 0 aliphatic rings. The van der Waals surface area contributed by atoms with Crippen LogP contribution in [0.3, 0.4) is 0 Å². The van der Waals surface area contributed by atoms with Gasteiger partial charge in [-0.3, -0.25) is 4.79 Å². The third-order valence-corrected chi connectivity index (χ3v) is 2.63. The molecule has 2 nitrogen and oxygen atoms in total. The van der Waals surface area contributed by atoms with Crippen LogP contribution in [0.25, 0.3) is 0 Å². The largest absolute Gasteiger partial charge is 0.346 e. The molecule has 0 bridgehead atoms. The maximum Gasteiger partial charge on any atom is 0.262 e. The first-order valence-electron chi connectivity index (χ1n) is 4.41. The number of halogens is 4. The van der Waals surface area contributed by atoms with Gasteiger partial charge in [0.15, 0.2) is 0 Å². The van der Waals surface area contributed by atoms with Crippen LogP contribution < -0.4 is 5.32 Å². The maximum atomic E-state index is 12.5. The molecule has 0 fully saturated rings. The monoisotopic (exact) mass is 311 g/mol. The molecule has 1 rings (SSSR count). The number of rotatable bonds is 3. The second-order valence-electron chi connectivity index (χ2n) is 3.38. The van der Waals surface area contributed by atoms with E-state index < -0.39 is 18.4 Å². The first kappa shape index (κ1) is 13.4. The van der Waals surface area contributed by atoms with Crippen LogP contribution in [0.4, 0.5) is 8.78 Å². The molecule has 0 saturated heterocycles. The highest BCUT2D eigenvalue weighted by Crippen LogP contribution is 2.21. The van der Waals surface area contributed by atoms with E-state index in [1.54, 1.807) is 0 Å². The van der Waals surface area contributed by atoms with Crippen LogP contribution in [0.5, 0.6) is 0 Å². The number of carbonyl (C=O) groups excluding carboxylic acids is 1. The Morgan fingerprint density at radius 2 is 2.19 bits per heavy atom. The number of amides is 1. The van der Waals surface area contributed by atoms with Crippen molar-refractivity contribution in [3.8, 4) is 0 Å². The van der Waals surface area contributed by atoms with E-state index in [2.05, 4.69) is 21.2 Å². The van der Waals surface area contributed by atoms with E-state index in [1.165, 1.54) is 18.2 Å². The molecule has 0 aliphatic heterocycles. The van der Waals surface area contributed by atoms with Crippen molar-refractivity contribution < 1.29 is 13.6 Å². The van der Waals surface area contributed by atoms with Crippen LogP contribution in [0.15, 0.2) is 22.7 Å². The van der Waals surface area contributed by atoms with Gasteiger partial charge in [-0.05, 0) is 34.1 Å². The molecule has 6 heteroatoms. The van der Waals surface area contributed by atoms with E-state index in [4.69, 9.17) is 11.6 Å². The molecule has 0 spiro atoms. The second-order valence-corrected chi connectivity index (χ2v) is 4.67. The minimum atomic E-state index is -2.92. The first-order valence-corrected chi connectivity index (χ1v) is 5.58. The summed E-state index contributed by atoms with van der Waals surface area (Å²) >= 11 is 8.82. The van der Waals surface area contributed by atoms with Gasteiger partial charge in [0.2, 0.25) is 0 Å². The summed E-state index contributed by atoms with van der Waals surface area (Å²) in [6.45, 7) is 0.0467. The maximum absolute atomic E-state index is 12.5. The fraction of sp³-hybridized carbons (Fsp3) is 0.300. The van der Waals surface area contributed by atoms with Crippen LogP contribution in [-0.4, -0.2) is 18.4 Å². The van der Waals surface area contributed by atoms with Crippen molar-refractivity contribution in [1.29, 1.82) is 0 Å². The van der Waals surface area contributed by atoms with Gasteiger partial charge >= 0.3 is 0 Å². The summed E-state index contributed by atoms with van der Waals surface area (Å²) in [5.74, 6) is -3.49. The van der Waals surface area contributed by atoms with E-state index >= 15 is 0 Å². The molecule has 0 saturated carbocycles. The van der Waals surface area contributed by atoms with Crippen molar-refractivity contribution in [2.24, 2.45) is 0 Å². The minimum Gasteiger partial charge on any atom is -0.346 e. The molecule has 1 aromatic carbocycles. The summed E-state index contributed by atoms with van der Waals surface area (Å²) < 4.78 is 25.5. The molecular weight excluding hydrogens is 303 g/mol. The standard InChI is InChI=1S/C10H9BrClF2NO/c1-10(13,14)5-15-9(16)7-3-2-6(12)4-8(7)11/h2-4H,5H2,1H3,(H,15,16). The van der Waals surface area contributed by atoms with Crippen molar-refractivity contribution >= 4 is 33.4 Å².